The van der Waals surface area contributed by atoms with E-state index in [1.807, 2.05) is 31.2 Å². The lowest BCUT2D eigenvalue weighted by Crippen LogP contribution is -2.31. The van der Waals surface area contributed by atoms with Crippen LogP contribution in [0, 0.1) is 10.1 Å². The number of nitro groups is 1. The molecule has 0 amide bonds. The van der Waals surface area contributed by atoms with E-state index in [0.29, 0.717) is 10.8 Å². The molecular weight excluding hydrogens is 366 g/mol. The van der Waals surface area contributed by atoms with Crippen LogP contribution < -0.4 is 10.6 Å². The Hall–Kier alpha value is -1.99. The second kappa shape index (κ2) is 7.33. The number of thiocarbonyl (C=S) groups is 1. The van der Waals surface area contributed by atoms with Crippen molar-refractivity contribution in [2.75, 3.05) is 5.32 Å². The van der Waals surface area contributed by atoms with Crippen LogP contribution in [0.3, 0.4) is 0 Å². The summed E-state index contributed by atoms with van der Waals surface area (Å²) < 4.78 is 1.01. The van der Waals surface area contributed by atoms with E-state index in [-0.39, 0.29) is 11.7 Å². The normalized spacial score (nSPS) is 11.5. The molecule has 2 aromatic carbocycles. The first kappa shape index (κ1) is 16.4. The lowest BCUT2D eigenvalue weighted by atomic mass is 10.1. The Balaban J connectivity index is 1.98. The van der Waals surface area contributed by atoms with Crippen LogP contribution >= 0.6 is 28.1 Å². The van der Waals surface area contributed by atoms with Gasteiger partial charge in [-0.2, -0.15) is 0 Å². The summed E-state index contributed by atoms with van der Waals surface area (Å²) in [6.07, 6.45) is 0. The maximum atomic E-state index is 10.6. The molecule has 22 heavy (non-hydrogen) atoms. The third kappa shape index (κ3) is 4.25. The van der Waals surface area contributed by atoms with Crippen LogP contribution in [0.1, 0.15) is 18.5 Å². The first-order chi connectivity index (χ1) is 10.5. The lowest BCUT2D eigenvalue weighted by molar-refractivity contribution is -0.384. The summed E-state index contributed by atoms with van der Waals surface area (Å²) in [6, 6.07) is 14.0. The van der Waals surface area contributed by atoms with E-state index in [4.69, 9.17) is 12.2 Å². The van der Waals surface area contributed by atoms with Crippen molar-refractivity contribution in [3.63, 3.8) is 0 Å². The van der Waals surface area contributed by atoms with Gasteiger partial charge in [0, 0.05) is 22.3 Å². The lowest BCUT2D eigenvalue weighted by Gasteiger charge is -2.18. The fourth-order valence-corrected chi connectivity index (χ4v) is 2.86. The number of nitrogens with one attached hydrogen (secondary N) is 2. The highest BCUT2D eigenvalue weighted by Crippen LogP contribution is 2.23. The number of nitrogens with zero attached hydrogens (tertiary/aromatic N) is 1. The minimum Gasteiger partial charge on any atom is -0.356 e. The molecule has 114 valence electrons. The van der Waals surface area contributed by atoms with Crippen molar-refractivity contribution in [1.29, 1.82) is 0 Å². The Labute approximate surface area is 142 Å². The summed E-state index contributed by atoms with van der Waals surface area (Å²) in [7, 11) is 0. The topological polar surface area (TPSA) is 67.2 Å². The Morgan fingerprint density at radius 2 is 1.86 bits per heavy atom. The average Bonchev–Trinajstić information content (AvgIpc) is 2.48. The Morgan fingerprint density at radius 3 is 2.45 bits per heavy atom. The number of hydrogen-bond acceptors (Lipinski definition) is 3. The maximum Gasteiger partial charge on any atom is 0.269 e. The van der Waals surface area contributed by atoms with Gasteiger partial charge in [-0.25, -0.2) is 0 Å². The largest absolute Gasteiger partial charge is 0.356 e. The van der Waals surface area contributed by atoms with E-state index >= 15 is 0 Å². The Morgan fingerprint density at radius 1 is 1.23 bits per heavy atom. The molecule has 0 saturated carbocycles. The van der Waals surface area contributed by atoms with Gasteiger partial charge in [0.2, 0.25) is 0 Å². The van der Waals surface area contributed by atoms with Crippen molar-refractivity contribution < 1.29 is 4.92 Å². The van der Waals surface area contributed by atoms with E-state index in [2.05, 4.69) is 26.6 Å². The van der Waals surface area contributed by atoms with Crippen molar-refractivity contribution in [3.05, 3.63) is 68.7 Å². The predicted molar refractivity (Wildman–Crippen MR) is 95.0 cm³/mol. The molecule has 0 bridgehead atoms. The molecule has 0 radical (unpaired) electrons. The van der Waals surface area contributed by atoms with Crippen molar-refractivity contribution >= 4 is 44.6 Å². The highest BCUT2D eigenvalue weighted by molar-refractivity contribution is 9.10. The smallest absolute Gasteiger partial charge is 0.269 e. The van der Waals surface area contributed by atoms with Crippen LogP contribution in [0.25, 0.3) is 0 Å². The number of rotatable bonds is 4. The van der Waals surface area contributed by atoms with E-state index < -0.39 is 4.92 Å². The molecular formula is C15H14BrN3O2S. The van der Waals surface area contributed by atoms with Crippen LogP contribution in [0.5, 0.6) is 0 Å². The molecule has 2 N–H and O–H groups in total. The molecule has 1 atom stereocenters. The van der Waals surface area contributed by atoms with Gasteiger partial charge >= 0.3 is 0 Å². The highest BCUT2D eigenvalue weighted by Gasteiger charge is 2.10. The van der Waals surface area contributed by atoms with Crippen LogP contribution in [-0.4, -0.2) is 10.0 Å². The maximum absolute atomic E-state index is 10.6. The first-order valence-corrected chi connectivity index (χ1v) is 7.74. The highest BCUT2D eigenvalue weighted by atomic mass is 79.9. The fourth-order valence-electron chi connectivity index (χ4n) is 1.93. The Bertz CT molecular complexity index is 691. The van der Waals surface area contributed by atoms with Gasteiger partial charge in [-0.1, -0.05) is 34.1 Å². The van der Waals surface area contributed by atoms with Gasteiger partial charge in [-0.05, 0) is 42.9 Å². The van der Waals surface area contributed by atoms with Crippen molar-refractivity contribution in [3.8, 4) is 0 Å². The van der Waals surface area contributed by atoms with Crippen LogP contribution in [0.2, 0.25) is 0 Å². The second-order valence-corrected chi connectivity index (χ2v) is 5.91. The number of anilines is 1. The van der Waals surface area contributed by atoms with Gasteiger partial charge in [0.05, 0.1) is 11.0 Å². The molecule has 5 nitrogen and oxygen atoms in total. The first-order valence-electron chi connectivity index (χ1n) is 6.54. The zero-order chi connectivity index (χ0) is 16.1. The summed E-state index contributed by atoms with van der Waals surface area (Å²) in [5, 5.41) is 17.3. The van der Waals surface area contributed by atoms with Crippen molar-refractivity contribution in [1.82, 2.24) is 5.32 Å². The molecule has 0 aromatic heterocycles. The monoisotopic (exact) mass is 379 g/mol. The van der Waals surface area contributed by atoms with Crippen molar-refractivity contribution in [2.45, 2.75) is 13.0 Å². The number of benzene rings is 2. The average molecular weight is 380 g/mol. The molecule has 7 heteroatoms. The predicted octanol–water partition coefficient (Wildman–Crippen LogP) is 4.40. The third-order valence-corrected chi connectivity index (χ3v) is 4.00. The number of non-ortho nitro benzene ring substituents is 1. The molecule has 0 saturated heterocycles. The van der Waals surface area contributed by atoms with Gasteiger partial charge in [-0.15, -0.1) is 0 Å². The van der Waals surface area contributed by atoms with Crippen LogP contribution in [0.15, 0.2) is 53.0 Å². The summed E-state index contributed by atoms with van der Waals surface area (Å²) in [6.45, 7) is 2.00. The van der Waals surface area contributed by atoms with Gasteiger partial charge in [0.15, 0.2) is 5.11 Å². The molecule has 2 rings (SSSR count). The molecule has 0 fully saturated rings. The summed E-state index contributed by atoms with van der Waals surface area (Å²) in [5.74, 6) is 0. The molecule has 0 aliphatic heterocycles. The van der Waals surface area contributed by atoms with Gasteiger partial charge in [0.25, 0.3) is 5.69 Å². The van der Waals surface area contributed by atoms with Crippen molar-refractivity contribution in [2.24, 2.45) is 0 Å². The molecule has 0 aliphatic rings. The Kier molecular flexibility index (Phi) is 5.46. The molecule has 0 heterocycles. The number of halogens is 1. The minimum absolute atomic E-state index is 0.0219. The van der Waals surface area contributed by atoms with E-state index in [0.717, 1.165) is 10.0 Å². The zero-order valence-electron chi connectivity index (χ0n) is 11.7. The molecule has 0 unspecified atom stereocenters. The van der Waals surface area contributed by atoms with Gasteiger partial charge in [0.1, 0.15) is 0 Å². The summed E-state index contributed by atoms with van der Waals surface area (Å²) in [5.41, 5.74) is 1.84. The summed E-state index contributed by atoms with van der Waals surface area (Å²) in [4.78, 5) is 10.2. The fraction of sp³-hybridized carbons (Fsp3) is 0.133. The zero-order valence-corrected chi connectivity index (χ0v) is 14.1. The van der Waals surface area contributed by atoms with Crippen LogP contribution in [-0.2, 0) is 0 Å². The number of hydrogen-bond donors (Lipinski definition) is 2. The van der Waals surface area contributed by atoms with Gasteiger partial charge < -0.3 is 10.6 Å². The minimum atomic E-state index is -0.435. The van der Waals surface area contributed by atoms with E-state index in [1.165, 1.54) is 12.1 Å². The molecule has 0 spiro atoms. The van der Waals surface area contributed by atoms with Gasteiger partial charge in [-0.3, -0.25) is 10.1 Å². The number of nitro benzene ring substituents is 1. The van der Waals surface area contributed by atoms with E-state index in [1.54, 1.807) is 12.1 Å². The molecule has 2 aromatic rings. The molecule has 0 aliphatic carbocycles. The summed E-state index contributed by atoms with van der Waals surface area (Å²) >= 11 is 8.78. The second-order valence-electron chi connectivity index (χ2n) is 4.65. The van der Waals surface area contributed by atoms with E-state index in [9.17, 15) is 10.1 Å². The SMILES string of the molecule is C[C@@H](NC(=S)Nc1ccc([N+](=O)[O-])cc1)c1ccccc1Br. The standard InChI is InChI=1S/C15H14BrN3O2S/c1-10(13-4-2-3-5-14(13)16)17-15(22)18-11-6-8-12(9-7-11)19(20)21/h2-10H,1H3,(H2,17,18,22)/t10-/m1/s1. The third-order valence-electron chi connectivity index (χ3n) is 3.06. The quantitative estimate of drug-likeness (QED) is 0.467. The van der Waals surface area contributed by atoms with Crippen LogP contribution in [0.4, 0.5) is 11.4 Å².